The molecule has 1 aromatic rings. The van der Waals surface area contributed by atoms with E-state index in [9.17, 15) is 8.78 Å². The maximum absolute atomic E-state index is 13.8. The van der Waals surface area contributed by atoms with E-state index >= 15 is 0 Å². The van der Waals surface area contributed by atoms with E-state index in [-0.39, 0.29) is 5.75 Å². The zero-order valence-corrected chi connectivity index (χ0v) is 11.1. The standard InChI is InChI=1S/C15H20F2O/c1-10-8-11(2)15(14(17)13(10)16)18-9-12-6-4-3-5-7-12/h8,12H,3-7,9H2,1-2H3. The van der Waals surface area contributed by atoms with Crippen LogP contribution < -0.4 is 4.74 Å². The van der Waals surface area contributed by atoms with Gasteiger partial charge in [0.2, 0.25) is 5.82 Å². The van der Waals surface area contributed by atoms with Gasteiger partial charge in [0, 0.05) is 0 Å². The summed E-state index contributed by atoms with van der Waals surface area (Å²) in [5, 5.41) is 0. The van der Waals surface area contributed by atoms with E-state index < -0.39 is 11.6 Å². The van der Waals surface area contributed by atoms with E-state index in [1.807, 2.05) is 0 Å². The summed E-state index contributed by atoms with van der Waals surface area (Å²) in [7, 11) is 0. The van der Waals surface area contributed by atoms with Gasteiger partial charge in [-0.1, -0.05) is 19.3 Å². The summed E-state index contributed by atoms with van der Waals surface area (Å²) in [6, 6.07) is 1.63. The average molecular weight is 254 g/mol. The molecule has 1 nitrogen and oxygen atoms in total. The molecule has 1 aliphatic carbocycles. The van der Waals surface area contributed by atoms with Gasteiger partial charge in [-0.05, 0) is 49.8 Å². The lowest BCUT2D eigenvalue weighted by Gasteiger charge is -2.22. The van der Waals surface area contributed by atoms with Crippen molar-refractivity contribution < 1.29 is 13.5 Å². The Morgan fingerprint density at radius 1 is 1.06 bits per heavy atom. The Hall–Kier alpha value is -1.12. The molecule has 3 heteroatoms. The van der Waals surface area contributed by atoms with Gasteiger partial charge in [0.15, 0.2) is 11.6 Å². The molecule has 0 heterocycles. The van der Waals surface area contributed by atoms with Crippen molar-refractivity contribution in [2.45, 2.75) is 46.0 Å². The molecule has 1 aromatic carbocycles. The Balaban J connectivity index is 2.06. The minimum atomic E-state index is -0.844. The molecule has 1 aliphatic rings. The zero-order valence-electron chi connectivity index (χ0n) is 11.1. The monoisotopic (exact) mass is 254 g/mol. The van der Waals surface area contributed by atoms with Crippen molar-refractivity contribution in [3.05, 3.63) is 28.8 Å². The number of hydrogen-bond donors (Lipinski definition) is 0. The third-order valence-electron chi connectivity index (χ3n) is 3.72. The second-order valence-electron chi connectivity index (χ2n) is 5.28. The number of halogens is 2. The van der Waals surface area contributed by atoms with Crippen LogP contribution in [-0.4, -0.2) is 6.61 Å². The fraction of sp³-hybridized carbons (Fsp3) is 0.600. The molecule has 2 rings (SSSR count). The van der Waals surface area contributed by atoms with Gasteiger partial charge in [-0.3, -0.25) is 0 Å². The first kappa shape index (κ1) is 13.3. The Bertz CT molecular complexity index is 423. The van der Waals surface area contributed by atoms with Crippen LogP contribution in [0.3, 0.4) is 0 Å². The molecule has 1 saturated carbocycles. The number of rotatable bonds is 3. The predicted molar refractivity (Wildman–Crippen MR) is 67.9 cm³/mol. The van der Waals surface area contributed by atoms with Crippen LogP contribution in [-0.2, 0) is 0 Å². The van der Waals surface area contributed by atoms with Crippen LogP contribution >= 0.6 is 0 Å². The first-order chi connectivity index (χ1) is 8.59. The number of benzene rings is 1. The second-order valence-corrected chi connectivity index (χ2v) is 5.28. The smallest absolute Gasteiger partial charge is 0.201 e. The highest BCUT2D eigenvalue weighted by molar-refractivity contribution is 5.38. The summed E-state index contributed by atoms with van der Waals surface area (Å²) in [6.45, 7) is 3.82. The molecule has 100 valence electrons. The summed E-state index contributed by atoms with van der Waals surface area (Å²) in [5.41, 5.74) is 0.997. The van der Waals surface area contributed by atoms with Crippen molar-refractivity contribution in [2.75, 3.05) is 6.61 Å². The maximum atomic E-state index is 13.8. The third-order valence-corrected chi connectivity index (χ3v) is 3.72. The molecule has 1 fully saturated rings. The summed E-state index contributed by atoms with van der Waals surface area (Å²) in [4.78, 5) is 0. The molecule has 0 N–H and O–H groups in total. The van der Waals surface area contributed by atoms with Gasteiger partial charge in [0.05, 0.1) is 6.61 Å². The molecule has 0 saturated heterocycles. The Kier molecular flexibility index (Phi) is 4.20. The van der Waals surface area contributed by atoms with E-state index in [0.717, 1.165) is 12.8 Å². The van der Waals surface area contributed by atoms with Gasteiger partial charge >= 0.3 is 0 Å². The number of aryl methyl sites for hydroxylation is 2. The van der Waals surface area contributed by atoms with Gasteiger partial charge in [-0.2, -0.15) is 4.39 Å². The van der Waals surface area contributed by atoms with Gasteiger partial charge in [0.25, 0.3) is 0 Å². The molecule has 0 amide bonds. The van der Waals surface area contributed by atoms with Crippen LogP contribution in [0.25, 0.3) is 0 Å². The van der Waals surface area contributed by atoms with Crippen molar-refractivity contribution in [3.63, 3.8) is 0 Å². The number of hydrogen-bond acceptors (Lipinski definition) is 1. The van der Waals surface area contributed by atoms with Crippen molar-refractivity contribution in [3.8, 4) is 5.75 Å². The van der Waals surface area contributed by atoms with E-state index in [0.29, 0.717) is 23.7 Å². The summed E-state index contributed by atoms with van der Waals surface area (Å²) < 4.78 is 32.8. The second kappa shape index (κ2) is 5.68. The molecule has 0 spiro atoms. The molecule has 0 bridgehead atoms. The van der Waals surface area contributed by atoms with Gasteiger partial charge in [-0.25, -0.2) is 4.39 Å². The molecular weight excluding hydrogens is 234 g/mol. The number of ether oxygens (including phenoxy) is 1. The normalized spacial score (nSPS) is 16.9. The predicted octanol–water partition coefficient (Wildman–Crippen LogP) is 4.54. The lowest BCUT2D eigenvalue weighted by molar-refractivity contribution is 0.199. The molecule has 0 unspecified atom stereocenters. The average Bonchev–Trinajstić information content (AvgIpc) is 2.37. The Morgan fingerprint density at radius 3 is 2.39 bits per heavy atom. The van der Waals surface area contributed by atoms with Crippen LogP contribution in [0.5, 0.6) is 5.75 Å². The highest BCUT2D eigenvalue weighted by Gasteiger charge is 2.19. The molecule has 18 heavy (non-hydrogen) atoms. The molecular formula is C15H20F2O. The summed E-state index contributed by atoms with van der Waals surface area (Å²) in [6.07, 6.45) is 5.99. The van der Waals surface area contributed by atoms with Gasteiger partial charge in [0.1, 0.15) is 0 Å². The molecule has 0 radical (unpaired) electrons. The fourth-order valence-corrected chi connectivity index (χ4v) is 2.63. The molecule has 0 aliphatic heterocycles. The van der Waals surface area contributed by atoms with E-state index in [2.05, 4.69) is 0 Å². The summed E-state index contributed by atoms with van der Waals surface area (Å²) >= 11 is 0. The van der Waals surface area contributed by atoms with Crippen LogP contribution in [0.2, 0.25) is 0 Å². The largest absolute Gasteiger partial charge is 0.490 e. The van der Waals surface area contributed by atoms with Crippen molar-refractivity contribution in [1.82, 2.24) is 0 Å². The zero-order chi connectivity index (χ0) is 13.1. The van der Waals surface area contributed by atoms with Crippen LogP contribution in [0.15, 0.2) is 6.07 Å². The minimum Gasteiger partial charge on any atom is -0.490 e. The van der Waals surface area contributed by atoms with Crippen LogP contribution in [0.4, 0.5) is 8.78 Å². The van der Waals surface area contributed by atoms with E-state index in [1.54, 1.807) is 19.9 Å². The van der Waals surface area contributed by atoms with Gasteiger partial charge in [-0.15, -0.1) is 0 Å². The minimum absolute atomic E-state index is 0.0867. The topological polar surface area (TPSA) is 9.23 Å². The summed E-state index contributed by atoms with van der Waals surface area (Å²) in [5.74, 6) is -1.06. The van der Waals surface area contributed by atoms with Crippen LogP contribution in [0.1, 0.15) is 43.2 Å². The van der Waals surface area contributed by atoms with Gasteiger partial charge < -0.3 is 4.74 Å². The van der Waals surface area contributed by atoms with E-state index in [1.165, 1.54) is 19.3 Å². The van der Waals surface area contributed by atoms with Crippen molar-refractivity contribution in [1.29, 1.82) is 0 Å². The lowest BCUT2D eigenvalue weighted by Crippen LogP contribution is -2.16. The van der Waals surface area contributed by atoms with Crippen molar-refractivity contribution >= 4 is 0 Å². The fourth-order valence-electron chi connectivity index (χ4n) is 2.63. The highest BCUT2D eigenvalue weighted by atomic mass is 19.2. The first-order valence-corrected chi connectivity index (χ1v) is 6.67. The highest BCUT2D eigenvalue weighted by Crippen LogP contribution is 2.29. The van der Waals surface area contributed by atoms with Crippen molar-refractivity contribution in [2.24, 2.45) is 5.92 Å². The Labute approximate surface area is 107 Å². The first-order valence-electron chi connectivity index (χ1n) is 6.67. The quantitative estimate of drug-likeness (QED) is 0.769. The SMILES string of the molecule is Cc1cc(C)c(OCC2CCCCC2)c(F)c1F. The molecule has 0 aromatic heterocycles. The lowest BCUT2D eigenvalue weighted by atomic mass is 9.90. The maximum Gasteiger partial charge on any atom is 0.201 e. The van der Waals surface area contributed by atoms with E-state index in [4.69, 9.17) is 4.74 Å². The van der Waals surface area contributed by atoms with Crippen LogP contribution in [0, 0.1) is 31.4 Å². The third kappa shape index (κ3) is 2.82. The Morgan fingerprint density at radius 2 is 1.72 bits per heavy atom. The molecule has 0 atom stereocenters.